The van der Waals surface area contributed by atoms with Crippen molar-refractivity contribution in [1.29, 1.82) is 0 Å². The van der Waals surface area contributed by atoms with E-state index in [0.29, 0.717) is 0 Å². The summed E-state index contributed by atoms with van der Waals surface area (Å²) in [4.78, 5) is 4.28. The number of nitrogens with zero attached hydrogens (tertiary/aromatic N) is 1. The second-order valence-electron chi connectivity index (χ2n) is 4.74. The summed E-state index contributed by atoms with van der Waals surface area (Å²) < 4.78 is 0. The number of rotatable bonds is 5. The highest BCUT2D eigenvalue weighted by molar-refractivity contribution is 6.30. The van der Waals surface area contributed by atoms with Gasteiger partial charge in [0.2, 0.25) is 0 Å². The number of pyridine rings is 1. The number of benzene rings is 1. The standard InChI is InChI=1S/C16H19ClN2/c1-3-19-16(14-7-12(2)10-18-11-14)9-13-5-4-6-15(17)8-13/h4-8,10-11,16,19H,3,9H2,1-2H3. The molecule has 0 fully saturated rings. The fourth-order valence-corrected chi connectivity index (χ4v) is 2.44. The first-order valence-corrected chi connectivity index (χ1v) is 6.96. The molecule has 0 saturated carbocycles. The van der Waals surface area contributed by atoms with Gasteiger partial charge in [0.05, 0.1) is 0 Å². The largest absolute Gasteiger partial charge is 0.310 e. The van der Waals surface area contributed by atoms with E-state index in [0.717, 1.165) is 18.0 Å². The van der Waals surface area contributed by atoms with Gasteiger partial charge >= 0.3 is 0 Å². The van der Waals surface area contributed by atoms with Crippen LogP contribution in [-0.4, -0.2) is 11.5 Å². The zero-order chi connectivity index (χ0) is 13.7. The monoisotopic (exact) mass is 274 g/mol. The second kappa shape index (κ2) is 6.69. The van der Waals surface area contributed by atoms with Crippen LogP contribution in [-0.2, 0) is 6.42 Å². The summed E-state index contributed by atoms with van der Waals surface area (Å²) in [5.41, 5.74) is 3.65. The summed E-state index contributed by atoms with van der Waals surface area (Å²) in [7, 11) is 0. The third kappa shape index (κ3) is 4.05. The molecule has 0 aliphatic heterocycles. The van der Waals surface area contributed by atoms with Crippen molar-refractivity contribution in [3.8, 4) is 0 Å². The Labute approximate surface area is 119 Å². The van der Waals surface area contributed by atoms with Crippen LogP contribution in [0.3, 0.4) is 0 Å². The van der Waals surface area contributed by atoms with Crippen LogP contribution >= 0.6 is 11.6 Å². The highest BCUT2D eigenvalue weighted by Gasteiger charge is 2.11. The van der Waals surface area contributed by atoms with Crippen molar-refractivity contribution in [3.63, 3.8) is 0 Å². The Morgan fingerprint density at radius 3 is 2.79 bits per heavy atom. The van der Waals surface area contributed by atoms with Crippen molar-refractivity contribution in [3.05, 3.63) is 64.4 Å². The Balaban J connectivity index is 2.21. The van der Waals surface area contributed by atoms with Crippen molar-refractivity contribution < 1.29 is 0 Å². The number of likely N-dealkylation sites (N-methyl/N-ethyl adjacent to an activating group) is 1. The molecule has 100 valence electrons. The van der Waals surface area contributed by atoms with Gasteiger partial charge in [-0.1, -0.05) is 36.7 Å². The van der Waals surface area contributed by atoms with Gasteiger partial charge in [-0.05, 0) is 48.7 Å². The quantitative estimate of drug-likeness (QED) is 0.893. The van der Waals surface area contributed by atoms with Crippen LogP contribution in [0.2, 0.25) is 5.02 Å². The van der Waals surface area contributed by atoms with Gasteiger partial charge < -0.3 is 5.32 Å². The van der Waals surface area contributed by atoms with Crippen LogP contribution in [0, 0.1) is 6.92 Å². The average Bonchev–Trinajstić information content (AvgIpc) is 2.38. The first-order valence-electron chi connectivity index (χ1n) is 6.58. The predicted octanol–water partition coefficient (Wildman–Crippen LogP) is 3.94. The first kappa shape index (κ1) is 14.0. The number of aromatic nitrogens is 1. The molecule has 0 amide bonds. The van der Waals surface area contributed by atoms with E-state index in [1.807, 2.05) is 30.6 Å². The molecule has 0 saturated heterocycles. The van der Waals surface area contributed by atoms with Gasteiger partial charge in [-0.25, -0.2) is 0 Å². The van der Waals surface area contributed by atoms with Crippen LogP contribution < -0.4 is 5.32 Å². The maximum Gasteiger partial charge on any atom is 0.0408 e. The van der Waals surface area contributed by atoms with Crippen LogP contribution in [0.5, 0.6) is 0 Å². The zero-order valence-electron chi connectivity index (χ0n) is 11.4. The normalized spacial score (nSPS) is 12.4. The zero-order valence-corrected chi connectivity index (χ0v) is 12.1. The van der Waals surface area contributed by atoms with E-state index >= 15 is 0 Å². The molecule has 0 radical (unpaired) electrons. The van der Waals surface area contributed by atoms with E-state index in [4.69, 9.17) is 11.6 Å². The van der Waals surface area contributed by atoms with Crippen molar-refractivity contribution >= 4 is 11.6 Å². The second-order valence-corrected chi connectivity index (χ2v) is 5.18. The van der Waals surface area contributed by atoms with Crippen molar-refractivity contribution in [2.45, 2.75) is 26.3 Å². The van der Waals surface area contributed by atoms with Crippen LogP contribution in [0.4, 0.5) is 0 Å². The summed E-state index contributed by atoms with van der Waals surface area (Å²) in [5, 5.41) is 4.30. The highest BCUT2D eigenvalue weighted by Crippen LogP contribution is 2.20. The minimum absolute atomic E-state index is 0.274. The molecule has 1 aromatic heterocycles. The Bertz CT molecular complexity index is 540. The van der Waals surface area contributed by atoms with Gasteiger partial charge in [-0.15, -0.1) is 0 Å². The lowest BCUT2D eigenvalue weighted by Crippen LogP contribution is -2.23. The Morgan fingerprint density at radius 2 is 2.11 bits per heavy atom. The van der Waals surface area contributed by atoms with E-state index in [9.17, 15) is 0 Å². The molecule has 19 heavy (non-hydrogen) atoms. The van der Waals surface area contributed by atoms with E-state index in [1.165, 1.54) is 16.7 Å². The molecule has 2 rings (SSSR count). The molecule has 1 unspecified atom stereocenters. The van der Waals surface area contributed by atoms with Gasteiger partial charge in [0.15, 0.2) is 0 Å². The minimum atomic E-state index is 0.274. The number of halogens is 1. The Kier molecular flexibility index (Phi) is 4.94. The Morgan fingerprint density at radius 1 is 1.26 bits per heavy atom. The smallest absolute Gasteiger partial charge is 0.0408 e. The summed E-state index contributed by atoms with van der Waals surface area (Å²) in [5.74, 6) is 0. The molecule has 1 heterocycles. The molecular weight excluding hydrogens is 256 g/mol. The van der Waals surface area contributed by atoms with E-state index < -0.39 is 0 Å². The molecule has 2 nitrogen and oxygen atoms in total. The van der Waals surface area contributed by atoms with Gasteiger partial charge in [0.1, 0.15) is 0 Å². The van der Waals surface area contributed by atoms with E-state index in [1.54, 1.807) is 0 Å². The molecular formula is C16H19ClN2. The van der Waals surface area contributed by atoms with E-state index in [-0.39, 0.29) is 6.04 Å². The van der Waals surface area contributed by atoms with Crippen molar-refractivity contribution in [1.82, 2.24) is 10.3 Å². The third-order valence-electron chi connectivity index (χ3n) is 3.08. The van der Waals surface area contributed by atoms with Crippen LogP contribution in [0.25, 0.3) is 0 Å². The lowest BCUT2D eigenvalue weighted by atomic mass is 9.99. The summed E-state index contributed by atoms with van der Waals surface area (Å²) >= 11 is 6.04. The number of hydrogen-bond acceptors (Lipinski definition) is 2. The average molecular weight is 275 g/mol. The van der Waals surface area contributed by atoms with E-state index in [2.05, 4.69) is 36.3 Å². The summed E-state index contributed by atoms with van der Waals surface area (Å²) in [6, 6.07) is 10.5. The van der Waals surface area contributed by atoms with Gasteiger partial charge in [-0.2, -0.15) is 0 Å². The number of nitrogens with one attached hydrogen (secondary N) is 1. The van der Waals surface area contributed by atoms with Gasteiger partial charge in [0.25, 0.3) is 0 Å². The molecule has 0 aliphatic carbocycles. The third-order valence-corrected chi connectivity index (χ3v) is 3.31. The molecule has 1 atom stereocenters. The van der Waals surface area contributed by atoms with Gasteiger partial charge in [0, 0.05) is 23.5 Å². The lowest BCUT2D eigenvalue weighted by Gasteiger charge is -2.18. The van der Waals surface area contributed by atoms with Crippen molar-refractivity contribution in [2.75, 3.05) is 6.54 Å². The molecule has 3 heteroatoms. The molecule has 0 spiro atoms. The van der Waals surface area contributed by atoms with Crippen LogP contribution in [0.1, 0.15) is 29.7 Å². The first-order chi connectivity index (χ1) is 9.19. The maximum absolute atomic E-state index is 6.04. The van der Waals surface area contributed by atoms with Gasteiger partial charge in [-0.3, -0.25) is 4.98 Å². The predicted molar refractivity (Wildman–Crippen MR) is 80.5 cm³/mol. The maximum atomic E-state index is 6.04. The fourth-order valence-electron chi connectivity index (χ4n) is 2.22. The molecule has 2 aromatic rings. The highest BCUT2D eigenvalue weighted by atomic mass is 35.5. The number of hydrogen-bond donors (Lipinski definition) is 1. The molecule has 0 aliphatic rings. The molecule has 1 aromatic carbocycles. The van der Waals surface area contributed by atoms with Crippen molar-refractivity contribution in [2.24, 2.45) is 0 Å². The van der Waals surface area contributed by atoms with Crippen LogP contribution in [0.15, 0.2) is 42.7 Å². The molecule has 0 bridgehead atoms. The number of aryl methyl sites for hydroxylation is 1. The fraction of sp³-hybridized carbons (Fsp3) is 0.312. The SMILES string of the molecule is CCNC(Cc1cccc(Cl)c1)c1cncc(C)c1. The summed E-state index contributed by atoms with van der Waals surface area (Å²) in [6.45, 7) is 5.12. The lowest BCUT2D eigenvalue weighted by molar-refractivity contribution is 0.548. The summed E-state index contributed by atoms with van der Waals surface area (Å²) in [6.07, 6.45) is 4.73. The minimum Gasteiger partial charge on any atom is -0.310 e. The Hall–Kier alpha value is -1.38. The topological polar surface area (TPSA) is 24.9 Å². The molecule has 1 N–H and O–H groups in total.